The number of tetrazole rings is 1. The maximum Gasteiger partial charge on any atom is 0.263 e. The summed E-state index contributed by atoms with van der Waals surface area (Å²) in [7, 11) is 3.98. The molecular formula is C10H13N7. The van der Waals surface area contributed by atoms with Crippen LogP contribution in [0.5, 0.6) is 0 Å². The van der Waals surface area contributed by atoms with Crippen LogP contribution in [0.25, 0.3) is 0 Å². The number of anilines is 2. The van der Waals surface area contributed by atoms with Crippen LogP contribution in [0.4, 0.5) is 11.6 Å². The maximum atomic E-state index is 5.47. The van der Waals surface area contributed by atoms with Gasteiger partial charge >= 0.3 is 0 Å². The molecule has 2 N–H and O–H groups in total. The number of benzene rings is 1. The molecule has 0 saturated heterocycles. The lowest BCUT2D eigenvalue weighted by molar-refractivity contribution is 0.699. The Morgan fingerprint density at radius 2 is 2.00 bits per heavy atom. The molecule has 1 heterocycles. The molecule has 1 aromatic heterocycles. The molecule has 17 heavy (non-hydrogen) atoms. The van der Waals surface area contributed by atoms with Gasteiger partial charge < -0.3 is 10.6 Å². The summed E-state index contributed by atoms with van der Waals surface area (Å²) >= 11 is 0. The van der Waals surface area contributed by atoms with Crippen molar-refractivity contribution in [1.82, 2.24) is 20.3 Å². The summed E-state index contributed by atoms with van der Waals surface area (Å²) in [6.07, 6.45) is 1.64. The summed E-state index contributed by atoms with van der Waals surface area (Å²) in [6, 6.07) is 7.92. The van der Waals surface area contributed by atoms with Crippen LogP contribution >= 0.6 is 0 Å². The smallest absolute Gasteiger partial charge is 0.263 e. The number of nitrogens with two attached hydrogens (primary N) is 1. The van der Waals surface area contributed by atoms with Gasteiger partial charge in [-0.3, -0.25) is 0 Å². The predicted octanol–water partition coefficient (Wildman–Crippen LogP) is 0.203. The highest BCUT2D eigenvalue weighted by atomic mass is 15.7. The summed E-state index contributed by atoms with van der Waals surface area (Å²) in [5, 5.41) is 14.5. The Hall–Kier alpha value is -2.44. The molecule has 2 aromatic rings. The number of nitrogen functional groups attached to an aromatic ring is 1. The first kappa shape index (κ1) is 11.1. The van der Waals surface area contributed by atoms with Crippen LogP contribution < -0.4 is 10.6 Å². The van der Waals surface area contributed by atoms with Gasteiger partial charge in [-0.2, -0.15) is 5.10 Å². The summed E-state index contributed by atoms with van der Waals surface area (Å²) in [5.74, 6) is 0.158. The van der Waals surface area contributed by atoms with Crippen molar-refractivity contribution in [3.8, 4) is 0 Å². The van der Waals surface area contributed by atoms with Gasteiger partial charge in [-0.1, -0.05) is 22.0 Å². The van der Waals surface area contributed by atoms with E-state index < -0.39 is 0 Å². The summed E-state index contributed by atoms with van der Waals surface area (Å²) in [5.41, 5.74) is 7.55. The van der Waals surface area contributed by atoms with Crippen LogP contribution in [0.15, 0.2) is 29.4 Å². The summed E-state index contributed by atoms with van der Waals surface area (Å²) in [4.78, 5) is 3.19. The van der Waals surface area contributed by atoms with E-state index in [0.29, 0.717) is 0 Å². The number of hydrogen-bond donors (Lipinski definition) is 1. The van der Waals surface area contributed by atoms with Gasteiger partial charge in [0.2, 0.25) is 0 Å². The zero-order valence-corrected chi connectivity index (χ0v) is 9.65. The first-order valence-corrected chi connectivity index (χ1v) is 5.02. The van der Waals surface area contributed by atoms with E-state index in [2.05, 4.69) is 20.6 Å². The van der Waals surface area contributed by atoms with E-state index in [1.807, 2.05) is 43.3 Å². The Balaban J connectivity index is 2.14. The van der Waals surface area contributed by atoms with Crippen molar-refractivity contribution < 1.29 is 0 Å². The second kappa shape index (κ2) is 4.60. The molecule has 88 valence electrons. The molecule has 0 unspecified atom stereocenters. The van der Waals surface area contributed by atoms with Crippen molar-refractivity contribution >= 4 is 17.9 Å². The predicted molar refractivity (Wildman–Crippen MR) is 66.0 cm³/mol. The van der Waals surface area contributed by atoms with Crippen LogP contribution in [0, 0.1) is 0 Å². The van der Waals surface area contributed by atoms with Crippen LogP contribution in [0.3, 0.4) is 0 Å². The molecular weight excluding hydrogens is 218 g/mol. The summed E-state index contributed by atoms with van der Waals surface area (Å²) in [6.45, 7) is 0. The second-order valence-corrected chi connectivity index (χ2v) is 3.66. The van der Waals surface area contributed by atoms with Crippen molar-refractivity contribution in [2.45, 2.75) is 0 Å². The number of rotatable bonds is 3. The largest absolute Gasteiger partial charge is 0.378 e. The van der Waals surface area contributed by atoms with E-state index in [1.54, 1.807) is 6.21 Å². The highest BCUT2D eigenvalue weighted by Crippen LogP contribution is 2.10. The molecule has 0 amide bonds. The Labute approximate surface area is 98.5 Å². The molecule has 0 aliphatic carbocycles. The van der Waals surface area contributed by atoms with Crippen LogP contribution in [-0.4, -0.2) is 40.6 Å². The van der Waals surface area contributed by atoms with Gasteiger partial charge in [-0.05, 0) is 28.1 Å². The Kier molecular flexibility index (Phi) is 2.99. The molecule has 2 rings (SSSR count). The minimum Gasteiger partial charge on any atom is -0.378 e. The van der Waals surface area contributed by atoms with Gasteiger partial charge in [0.1, 0.15) is 0 Å². The molecule has 0 aliphatic rings. The van der Waals surface area contributed by atoms with Gasteiger partial charge in [-0.15, -0.1) is 0 Å². The molecule has 0 saturated carbocycles. The minimum absolute atomic E-state index is 0.158. The average Bonchev–Trinajstić information content (AvgIpc) is 2.73. The highest BCUT2D eigenvalue weighted by molar-refractivity contribution is 5.80. The lowest BCUT2D eigenvalue weighted by Gasteiger charge is -2.11. The van der Waals surface area contributed by atoms with Crippen molar-refractivity contribution in [2.75, 3.05) is 24.7 Å². The van der Waals surface area contributed by atoms with Gasteiger partial charge in [0.15, 0.2) is 0 Å². The van der Waals surface area contributed by atoms with Gasteiger partial charge in [0.05, 0.1) is 6.21 Å². The average molecular weight is 231 g/mol. The van der Waals surface area contributed by atoms with Gasteiger partial charge in [0.25, 0.3) is 5.95 Å². The van der Waals surface area contributed by atoms with Crippen LogP contribution in [0.1, 0.15) is 5.56 Å². The van der Waals surface area contributed by atoms with Crippen molar-refractivity contribution in [3.63, 3.8) is 0 Å². The fourth-order valence-corrected chi connectivity index (χ4v) is 1.25. The van der Waals surface area contributed by atoms with Crippen LogP contribution in [0.2, 0.25) is 0 Å². The zero-order valence-electron chi connectivity index (χ0n) is 9.65. The molecule has 1 aromatic carbocycles. The number of hydrogen-bond acceptors (Lipinski definition) is 6. The fraction of sp³-hybridized carbons (Fsp3) is 0.200. The van der Waals surface area contributed by atoms with Crippen molar-refractivity contribution in [2.24, 2.45) is 5.10 Å². The molecule has 0 radical (unpaired) electrons. The lowest BCUT2D eigenvalue weighted by atomic mass is 10.2. The first-order valence-electron chi connectivity index (χ1n) is 5.02. The molecule has 0 aliphatic heterocycles. The topological polar surface area (TPSA) is 85.2 Å². The minimum atomic E-state index is 0.158. The molecule has 7 heteroatoms. The second-order valence-electron chi connectivity index (χ2n) is 3.66. The monoisotopic (exact) mass is 231 g/mol. The summed E-state index contributed by atoms with van der Waals surface area (Å²) < 4.78 is 0. The lowest BCUT2D eigenvalue weighted by Crippen LogP contribution is -2.08. The van der Waals surface area contributed by atoms with Gasteiger partial charge in [0, 0.05) is 19.8 Å². The Morgan fingerprint density at radius 1 is 1.29 bits per heavy atom. The zero-order chi connectivity index (χ0) is 12.3. The molecule has 7 nitrogen and oxygen atoms in total. The SMILES string of the molecule is CN(C)c1ccc(/C=N\n2nnnc2N)cc1. The van der Waals surface area contributed by atoms with E-state index >= 15 is 0 Å². The highest BCUT2D eigenvalue weighted by Gasteiger charge is 1.97. The number of aromatic nitrogens is 4. The first-order chi connectivity index (χ1) is 8.16. The Morgan fingerprint density at radius 3 is 2.53 bits per heavy atom. The maximum absolute atomic E-state index is 5.47. The molecule has 0 fully saturated rings. The van der Waals surface area contributed by atoms with E-state index in [4.69, 9.17) is 5.73 Å². The van der Waals surface area contributed by atoms with E-state index in [0.717, 1.165) is 11.3 Å². The van der Waals surface area contributed by atoms with E-state index in [9.17, 15) is 0 Å². The third kappa shape index (κ3) is 2.57. The van der Waals surface area contributed by atoms with Crippen molar-refractivity contribution in [1.29, 1.82) is 0 Å². The number of nitrogens with zero attached hydrogens (tertiary/aromatic N) is 6. The fourth-order valence-electron chi connectivity index (χ4n) is 1.25. The molecule has 0 bridgehead atoms. The molecule has 0 atom stereocenters. The molecule has 0 spiro atoms. The standard InChI is InChI=1S/C10H13N7/c1-16(2)9-5-3-8(4-6-9)7-12-17-10(11)13-14-15-17/h3-7H,1-2H3,(H2,11,13,15)/b12-7-. The third-order valence-corrected chi connectivity index (χ3v) is 2.20. The van der Waals surface area contributed by atoms with Crippen LogP contribution in [-0.2, 0) is 0 Å². The van der Waals surface area contributed by atoms with Gasteiger partial charge in [-0.25, -0.2) is 0 Å². The quantitative estimate of drug-likeness (QED) is 0.763. The third-order valence-electron chi connectivity index (χ3n) is 2.20. The normalized spacial score (nSPS) is 10.9. The van der Waals surface area contributed by atoms with E-state index in [-0.39, 0.29) is 5.95 Å². The van der Waals surface area contributed by atoms with Crippen molar-refractivity contribution in [3.05, 3.63) is 29.8 Å². The Bertz CT molecular complexity index is 512. The van der Waals surface area contributed by atoms with E-state index in [1.165, 1.54) is 4.79 Å².